The molecule has 1 aromatic rings. The molecule has 0 aliphatic heterocycles. The lowest BCUT2D eigenvalue weighted by Gasteiger charge is -2.26. The fourth-order valence-corrected chi connectivity index (χ4v) is 2.47. The van der Waals surface area contributed by atoms with Gasteiger partial charge in [-0.1, -0.05) is 25.4 Å². The predicted octanol–water partition coefficient (Wildman–Crippen LogP) is 2.47. The standard InChI is InChI=1S/C11H16ClN3/c1-6(2)7-3-4-8-9(5-7)14-11(13)15-10(8)12/h6-7H,3-5H2,1-2H3,(H2,13,14,15). The van der Waals surface area contributed by atoms with Crippen LogP contribution in [0, 0.1) is 11.8 Å². The number of anilines is 1. The van der Waals surface area contributed by atoms with E-state index in [2.05, 4.69) is 23.8 Å². The maximum absolute atomic E-state index is 6.04. The zero-order valence-electron chi connectivity index (χ0n) is 9.13. The average molecular weight is 226 g/mol. The molecule has 1 atom stereocenters. The highest BCUT2D eigenvalue weighted by atomic mass is 35.5. The van der Waals surface area contributed by atoms with Crippen molar-refractivity contribution in [1.29, 1.82) is 0 Å². The lowest BCUT2D eigenvalue weighted by atomic mass is 9.81. The summed E-state index contributed by atoms with van der Waals surface area (Å²) in [5, 5.41) is 0.541. The Balaban J connectivity index is 2.33. The van der Waals surface area contributed by atoms with Crippen molar-refractivity contribution in [1.82, 2.24) is 9.97 Å². The predicted molar refractivity (Wildman–Crippen MR) is 61.8 cm³/mol. The average Bonchev–Trinajstić information content (AvgIpc) is 2.16. The Hall–Kier alpha value is -0.830. The summed E-state index contributed by atoms with van der Waals surface area (Å²) >= 11 is 6.04. The minimum Gasteiger partial charge on any atom is -0.368 e. The monoisotopic (exact) mass is 225 g/mol. The van der Waals surface area contributed by atoms with Gasteiger partial charge in [-0.05, 0) is 31.1 Å². The van der Waals surface area contributed by atoms with Gasteiger partial charge in [0, 0.05) is 5.56 Å². The van der Waals surface area contributed by atoms with Gasteiger partial charge >= 0.3 is 0 Å². The van der Waals surface area contributed by atoms with Crippen molar-refractivity contribution in [3.8, 4) is 0 Å². The second-order valence-electron chi connectivity index (χ2n) is 4.54. The third-order valence-electron chi connectivity index (χ3n) is 3.22. The summed E-state index contributed by atoms with van der Waals surface area (Å²) < 4.78 is 0. The number of hydrogen-bond donors (Lipinski definition) is 1. The van der Waals surface area contributed by atoms with Crippen LogP contribution in [0.2, 0.25) is 5.15 Å². The van der Waals surface area contributed by atoms with Crippen molar-refractivity contribution in [2.24, 2.45) is 11.8 Å². The number of halogens is 1. The van der Waals surface area contributed by atoms with E-state index < -0.39 is 0 Å². The maximum Gasteiger partial charge on any atom is 0.221 e. The number of nitrogens with two attached hydrogens (primary N) is 1. The minimum atomic E-state index is 0.295. The summed E-state index contributed by atoms with van der Waals surface area (Å²) in [6.45, 7) is 4.50. The van der Waals surface area contributed by atoms with Crippen molar-refractivity contribution in [3.05, 3.63) is 16.4 Å². The fourth-order valence-electron chi connectivity index (χ4n) is 2.18. The molecule has 4 heteroatoms. The Morgan fingerprint density at radius 2 is 2.13 bits per heavy atom. The molecule has 0 spiro atoms. The van der Waals surface area contributed by atoms with Gasteiger partial charge in [0.2, 0.25) is 5.95 Å². The minimum absolute atomic E-state index is 0.295. The third kappa shape index (κ3) is 2.07. The summed E-state index contributed by atoms with van der Waals surface area (Å²) in [5.41, 5.74) is 7.75. The number of nitrogens with zero attached hydrogens (tertiary/aromatic N) is 2. The Morgan fingerprint density at radius 3 is 2.80 bits per heavy atom. The van der Waals surface area contributed by atoms with Crippen LogP contribution >= 0.6 is 11.6 Å². The largest absolute Gasteiger partial charge is 0.368 e. The summed E-state index contributed by atoms with van der Waals surface area (Å²) in [6.07, 6.45) is 3.15. The first-order valence-electron chi connectivity index (χ1n) is 5.38. The fraction of sp³-hybridized carbons (Fsp3) is 0.636. The topological polar surface area (TPSA) is 51.8 Å². The van der Waals surface area contributed by atoms with Gasteiger partial charge in [-0.3, -0.25) is 0 Å². The zero-order valence-corrected chi connectivity index (χ0v) is 9.88. The molecule has 1 aliphatic rings. The highest BCUT2D eigenvalue weighted by Crippen LogP contribution is 2.32. The summed E-state index contributed by atoms with van der Waals surface area (Å²) in [7, 11) is 0. The first-order valence-corrected chi connectivity index (χ1v) is 5.76. The van der Waals surface area contributed by atoms with Gasteiger partial charge in [0.15, 0.2) is 0 Å². The number of rotatable bonds is 1. The first-order chi connectivity index (χ1) is 7.08. The van der Waals surface area contributed by atoms with Crippen LogP contribution in [0.1, 0.15) is 31.5 Å². The molecule has 0 aromatic carbocycles. The second kappa shape index (κ2) is 3.97. The van der Waals surface area contributed by atoms with Gasteiger partial charge in [0.1, 0.15) is 5.15 Å². The van der Waals surface area contributed by atoms with Crippen molar-refractivity contribution in [2.45, 2.75) is 33.1 Å². The third-order valence-corrected chi connectivity index (χ3v) is 3.54. The molecule has 0 bridgehead atoms. The lowest BCUT2D eigenvalue weighted by Crippen LogP contribution is -2.21. The number of aromatic nitrogens is 2. The van der Waals surface area contributed by atoms with Crippen molar-refractivity contribution < 1.29 is 0 Å². The highest BCUT2D eigenvalue weighted by Gasteiger charge is 2.24. The van der Waals surface area contributed by atoms with Gasteiger partial charge in [0.05, 0.1) is 5.69 Å². The molecule has 15 heavy (non-hydrogen) atoms. The van der Waals surface area contributed by atoms with E-state index in [1.165, 1.54) is 6.42 Å². The van der Waals surface area contributed by atoms with E-state index in [0.717, 1.165) is 24.1 Å². The van der Waals surface area contributed by atoms with Crippen LogP contribution in [0.4, 0.5) is 5.95 Å². The summed E-state index contributed by atoms with van der Waals surface area (Å²) in [4.78, 5) is 8.28. The molecule has 0 saturated heterocycles. The Bertz CT molecular complexity index is 376. The zero-order chi connectivity index (χ0) is 11.0. The van der Waals surface area contributed by atoms with E-state index in [1.807, 2.05) is 0 Å². The molecule has 0 saturated carbocycles. The van der Waals surface area contributed by atoms with Crippen LogP contribution < -0.4 is 5.73 Å². The number of fused-ring (bicyclic) bond motifs is 1. The van der Waals surface area contributed by atoms with Gasteiger partial charge in [-0.2, -0.15) is 0 Å². The van der Waals surface area contributed by atoms with Crippen molar-refractivity contribution in [2.75, 3.05) is 5.73 Å². The Kier molecular flexibility index (Phi) is 2.83. The lowest BCUT2D eigenvalue weighted by molar-refractivity contribution is 0.338. The molecule has 2 rings (SSSR count). The van der Waals surface area contributed by atoms with Crippen LogP contribution in [0.5, 0.6) is 0 Å². The molecule has 1 heterocycles. The van der Waals surface area contributed by atoms with Gasteiger partial charge in [-0.25, -0.2) is 9.97 Å². The smallest absolute Gasteiger partial charge is 0.221 e. The first kappa shape index (κ1) is 10.7. The number of nitrogen functional groups attached to an aromatic ring is 1. The molecule has 2 N–H and O–H groups in total. The van der Waals surface area contributed by atoms with Crippen LogP contribution in [-0.4, -0.2) is 9.97 Å². The van der Waals surface area contributed by atoms with Crippen molar-refractivity contribution in [3.63, 3.8) is 0 Å². The van der Waals surface area contributed by atoms with E-state index in [0.29, 0.717) is 22.9 Å². The SMILES string of the molecule is CC(C)C1CCc2c(Cl)nc(N)nc2C1. The number of hydrogen-bond acceptors (Lipinski definition) is 3. The highest BCUT2D eigenvalue weighted by molar-refractivity contribution is 6.30. The summed E-state index contributed by atoms with van der Waals surface area (Å²) in [6, 6.07) is 0. The van der Waals surface area contributed by atoms with Gasteiger partial charge in [0.25, 0.3) is 0 Å². The molecular weight excluding hydrogens is 210 g/mol. The summed E-state index contributed by atoms with van der Waals surface area (Å²) in [5.74, 6) is 1.68. The van der Waals surface area contributed by atoms with Crippen molar-refractivity contribution >= 4 is 17.5 Å². The maximum atomic E-state index is 6.04. The Morgan fingerprint density at radius 1 is 1.40 bits per heavy atom. The van der Waals surface area contributed by atoms with E-state index in [1.54, 1.807) is 0 Å². The van der Waals surface area contributed by atoms with E-state index in [4.69, 9.17) is 17.3 Å². The van der Waals surface area contributed by atoms with Gasteiger partial charge in [-0.15, -0.1) is 0 Å². The van der Waals surface area contributed by atoms with Crippen LogP contribution in [0.25, 0.3) is 0 Å². The molecule has 1 aliphatic carbocycles. The van der Waals surface area contributed by atoms with E-state index >= 15 is 0 Å². The molecule has 0 radical (unpaired) electrons. The molecule has 1 unspecified atom stereocenters. The molecular formula is C11H16ClN3. The molecule has 0 fully saturated rings. The second-order valence-corrected chi connectivity index (χ2v) is 4.90. The molecule has 0 amide bonds. The normalized spacial score (nSPS) is 20.4. The van der Waals surface area contributed by atoms with E-state index in [-0.39, 0.29) is 0 Å². The molecule has 1 aromatic heterocycles. The quantitative estimate of drug-likeness (QED) is 0.747. The Labute approximate surface area is 95.1 Å². The molecule has 82 valence electrons. The molecule has 3 nitrogen and oxygen atoms in total. The van der Waals surface area contributed by atoms with Gasteiger partial charge < -0.3 is 5.73 Å². The van der Waals surface area contributed by atoms with Crippen LogP contribution in [-0.2, 0) is 12.8 Å². The van der Waals surface area contributed by atoms with Crippen LogP contribution in [0.15, 0.2) is 0 Å². The van der Waals surface area contributed by atoms with E-state index in [9.17, 15) is 0 Å². The van der Waals surface area contributed by atoms with Crippen LogP contribution in [0.3, 0.4) is 0 Å².